The Hall–Kier alpha value is 0.440. The number of fused-ring (bicyclic) bond motifs is 3. The molecule has 0 amide bonds. The predicted molar refractivity (Wildman–Crippen MR) is 62.2 cm³/mol. The van der Waals surface area contributed by atoms with Gasteiger partial charge in [0.05, 0.1) is 4.08 Å². The minimum atomic E-state index is 0.487. The van der Waals surface area contributed by atoms with Gasteiger partial charge in [-0.1, -0.05) is 6.58 Å². The van der Waals surface area contributed by atoms with Crippen LogP contribution >= 0.6 is 23.5 Å². The van der Waals surface area contributed by atoms with Gasteiger partial charge >= 0.3 is 0 Å². The second-order valence-corrected chi connectivity index (χ2v) is 7.39. The van der Waals surface area contributed by atoms with Crippen molar-refractivity contribution in [3.63, 3.8) is 0 Å². The molecule has 0 unspecified atom stereocenters. The van der Waals surface area contributed by atoms with Gasteiger partial charge in [0.15, 0.2) is 0 Å². The molecule has 3 rings (SSSR count). The van der Waals surface area contributed by atoms with Gasteiger partial charge in [0.1, 0.15) is 0 Å². The molecule has 1 aliphatic heterocycles. The maximum absolute atomic E-state index is 4.37. The van der Waals surface area contributed by atoms with Gasteiger partial charge in [0.25, 0.3) is 0 Å². The van der Waals surface area contributed by atoms with Crippen LogP contribution in [0.3, 0.4) is 0 Å². The van der Waals surface area contributed by atoms with Crippen molar-refractivity contribution in [3.05, 3.63) is 12.2 Å². The van der Waals surface area contributed by atoms with Gasteiger partial charge in [0, 0.05) is 0 Å². The summed E-state index contributed by atoms with van der Waals surface area (Å²) in [5, 5.41) is 0. The molecule has 2 aliphatic carbocycles. The van der Waals surface area contributed by atoms with Crippen molar-refractivity contribution in [2.45, 2.75) is 29.8 Å². The zero-order valence-corrected chi connectivity index (χ0v) is 9.55. The monoisotopic (exact) mass is 212 g/mol. The highest BCUT2D eigenvalue weighted by atomic mass is 32.2. The van der Waals surface area contributed by atoms with Crippen LogP contribution < -0.4 is 0 Å². The molecule has 1 saturated heterocycles. The highest BCUT2D eigenvalue weighted by Gasteiger charge is 2.55. The maximum Gasteiger partial charge on any atom is 0.0848 e. The lowest BCUT2D eigenvalue weighted by Gasteiger charge is -2.41. The van der Waals surface area contributed by atoms with Crippen LogP contribution in [0.15, 0.2) is 12.2 Å². The summed E-state index contributed by atoms with van der Waals surface area (Å²) in [6, 6.07) is 0. The number of rotatable bonds is 0. The van der Waals surface area contributed by atoms with E-state index < -0.39 is 0 Å². The standard InChI is InChI=1S/C11H16S2/c1-8-9-3-4-10(7-9)11(8)12-5-2-6-13-11/h9-10H,1-7H2/t9-,10+/m1/s1. The first-order valence-electron chi connectivity index (χ1n) is 5.30. The van der Waals surface area contributed by atoms with E-state index in [1.54, 1.807) is 5.57 Å². The van der Waals surface area contributed by atoms with Crippen LogP contribution in [0.4, 0.5) is 0 Å². The summed E-state index contributed by atoms with van der Waals surface area (Å²) >= 11 is 4.42. The van der Waals surface area contributed by atoms with Crippen LogP contribution in [-0.4, -0.2) is 15.6 Å². The van der Waals surface area contributed by atoms with Crippen molar-refractivity contribution >= 4 is 23.5 Å². The van der Waals surface area contributed by atoms with Gasteiger partial charge in [-0.2, -0.15) is 0 Å². The van der Waals surface area contributed by atoms with Crippen molar-refractivity contribution in [1.29, 1.82) is 0 Å². The van der Waals surface area contributed by atoms with E-state index >= 15 is 0 Å². The van der Waals surface area contributed by atoms with E-state index in [1.807, 2.05) is 0 Å². The van der Waals surface area contributed by atoms with Crippen molar-refractivity contribution < 1.29 is 0 Å². The van der Waals surface area contributed by atoms with E-state index in [0.29, 0.717) is 4.08 Å². The molecular formula is C11H16S2. The van der Waals surface area contributed by atoms with Crippen LogP contribution in [0.1, 0.15) is 25.7 Å². The van der Waals surface area contributed by atoms with E-state index in [9.17, 15) is 0 Å². The molecule has 3 aliphatic rings. The highest BCUT2D eigenvalue weighted by Crippen LogP contribution is 2.65. The van der Waals surface area contributed by atoms with Crippen molar-refractivity contribution in [2.24, 2.45) is 11.8 Å². The molecule has 1 spiro atoms. The molecule has 0 aromatic heterocycles. The van der Waals surface area contributed by atoms with Crippen LogP contribution in [0, 0.1) is 11.8 Å². The molecule has 3 fully saturated rings. The largest absolute Gasteiger partial charge is 0.139 e. The molecule has 72 valence electrons. The third-order valence-electron chi connectivity index (χ3n) is 3.83. The van der Waals surface area contributed by atoms with Gasteiger partial charge in [-0.05, 0) is 54.6 Å². The third kappa shape index (κ3) is 1.08. The van der Waals surface area contributed by atoms with Gasteiger partial charge in [-0.15, -0.1) is 23.5 Å². The highest BCUT2D eigenvalue weighted by molar-refractivity contribution is 8.19. The average Bonchev–Trinajstić information content (AvgIpc) is 2.73. The fourth-order valence-electron chi connectivity index (χ4n) is 3.16. The van der Waals surface area contributed by atoms with E-state index in [2.05, 4.69) is 30.1 Å². The van der Waals surface area contributed by atoms with E-state index in [1.165, 1.54) is 37.2 Å². The molecule has 0 aromatic carbocycles. The Morgan fingerprint density at radius 1 is 1.23 bits per heavy atom. The number of hydrogen-bond donors (Lipinski definition) is 0. The summed E-state index contributed by atoms with van der Waals surface area (Å²) in [6.45, 7) is 4.37. The van der Waals surface area contributed by atoms with Crippen LogP contribution in [0.5, 0.6) is 0 Å². The molecule has 2 bridgehead atoms. The molecule has 2 heteroatoms. The molecular weight excluding hydrogens is 196 g/mol. The quantitative estimate of drug-likeness (QED) is 0.563. The van der Waals surface area contributed by atoms with Crippen LogP contribution in [0.25, 0.3) is 0 Å². The number of hydrogen-bond acceptors (Lipinski definition) is 2. The predicted octanol–water partition coefficient (Wildman–Crippen LogP) is 3.54. The molecule has 0 aromatic rings. The first-order valence-corrected chi connectivity index (χ1v) is 7.27. The fraction of sp³-hybridized carbons (Fsp3) is 0.818. The smallest absolute Gasteiger partial charge is 0.0848 e. The van der Waals surface area contributed by atoms with Gasteiger partial charge in [0.2, 0.25) is 0 Å². The second kappa shape index (κ2) is 2.96. The van der Waals surface area contributed by atoms with Gasteiger partial charge in [-0.3, -0.25) is 0 Å². The summed E-state index contributed by atoms with van der Waals surface area (Å²) in [7, 11) is 0. The van der Waals surface area contributed by atoms with E-state index in [0.717, 1.165) is 11.8 Å². The normalized spacial score (nSPS) is 41.7. The van der Waals surface area contributed by atoms with Gasteiger partial charge in [-0.25, -0.2) is 0 Å². The molecule has 0 radical (unpaired) electrons. The lowest BCUT2D eigenvalue weighted by Crippen LogP contribution is -2.33. The number of thioether (sulfide) groups is 2. The Labute approximate surface area is 88.9 Å². The first kappa shape index (κ1) is 8.72. The summed E-state index contributed by atoms with van der Waals surface area (Å²) in [5.74, 6) is 4.60. The van der Waals surface area contributed by atoms with Crippen molar-refractivity contribution in [1.82, 2.24) is 0 Å². The molecule has 2 saturated carbocycles. The van der Waals surface area contributed by atoms with E-state index in [-0.39, 0.29) is 0 Å². The summed E-state index contributed by atoms with van der Waals surface area (Å²) in [4.78, 5) is 0. The third-order valence-corrected chi connectivity index (χ3v) is 7.57. The second-order valence-electron chi connectivity index (χ2n) is 4.45. The maximum atomic E-state index is 4.37. The summed E-state index contributed by atoms with van der Waals surface area (Å²) in [5.41, 5.74) is 1.60. The Morgan fingerprint density at radius 2 is 2.00 bits per heavy atom. The zero-order valence-electron chi connectivity index (χ0n) is 7.92. The lowest BCUT2D eigenvalue weighted by molar-refractivity contribution is 0.545. The van der Waals surface area contributed by atoms with Crippen LogP contribution in [0.2, 0.25) is 0 Å². The summed E-state index contributed by atoms with van der Waals surface area (Å²) in [6.07, 6.45) is 5.77. The summed E-state index contributed by atoms with van der Waals surface area (Å²) < 4.78 is 0.487. The molecule has 1 heterocycles. The van der Waals surface area contributed by atoms with Crippen molar-refractivity contribution in [2.75, 3.05) is 11.5 Å². The minimum Gasteiger partial charge on any atom is -0.139 e. The molecule has 13 heavy (non-hydrogen) atoms. The fourth-order valence-corrected chi connectivity index (χ4v) is 6.96. The first-order chi connectivity index (χ1) is 6.33. The SMILES string of the molecule is C=C1[C@@H]2CC[C@@H](C2)C12SCCCS2. The van der Waals surface area contributed by atoms with E-state index in [4.69, 9.17) is 0 Å². The zero-order chi connectivity index (χ0) is 8.89. The van der Waals surface area contributed by atoms with Gasteiger partial charge < -0.3 is 0 Å². The van der Waals surface area contributed by atoms with Crippen molar-refractivity contribution in [3.8, 4) is 0 Å². The molecule has 0 N–H and O–H groups in total. The lowest BCUT2D eigenvalue weighted by atomic mass is 9.95. The molecule has 2 atom stereocenters. The Kier molecular flexibility index (Phi) is 1.99. The average molecular weight is 212 g/mol. The Balaban J connectivity index is 1.92. The molecule has 0 nitrogen and oxygen atoms in total. The minimum absolute atomic E-state index is 0.487. The Bertz CT molecular complexity index is 240. The Morgan fingerprint density at radius 3 is 2.62 bits per heavy atom. The topological polar surface area (TPSA) is 0 Å². The van der Waals surface area contributed by atoms with Crippen LogP contribution in [-0.2, 0) is 0 Å².